The normalized spacial score (nSPS) is 12.1. The van der Waals surface area contributed by atoms with E-state index in [9.17, 15) is 13.2 Å². The highest BCUT2D eigenvalue weighted by Crippen LogP contribution is 2.36. The van der Waals surface area contributed by atoms with Crippen LogP contribution in [0, 0.1) is 6.92 Å². The number of hydrogen-bond acceptors (Lipinski definition) is 2. The highest BCUT2D eigenvalue weighted by Gasteiger charge is 2.35. The predicted octanol–water partition coefficient (Wildman–Crippen LogP) is 3.91. The molecular weight excluding hydrogens is 297 g/mol. The molecule has 2 aromatic rings. The van der Waals surface area contributed by atoms with Crippen molar-refractivity contribution < 1.29 is 13.2 Å². The molecule has 0 fully saturated rings. The van der Waals surface area contributed by atoms with Gasteiger partial charge in [-0.2, -0.15) is 13.2 Å². The number of hydrogen-bond donors (Lipinski definition) is 1. The van der Waals surface area contributed by atoms with Gasteiger partial charge in [-0.3, -0.25) is 0 Å². The largest absolute Gasteiger partial charge is 0.433 e. The van der Waals surface area contributed by atoms with Gasteiger partial charge in [-0.25, -0.2) is 4.98 Å². The lowest BCUT2D eigenvalue weighted by Gasteiger charge is -2.13. The molecule has 0 saturated carbocycles. The lowest BCUT2D eigenvalue weighted by molar-refractivity contribution is -0.141. The van der Waals surface area contributed by atoms with Gasteiger partial charge in [-0.1, -0.05) is 15.9 Å². The minimum atomic E-state index is -4.49. The third kappa shape index (κ3) is 2.09. The number of alkyl halides is 3. The molecule has 0 spiro atoms. The van der Waals surface area contributed by atoms with Crippen molar-refractivity contribution in [3.8, 4) is 0 Å². The summed E-state index contributed by atoms with van der Waals surface area (Å²) >= 11 is 3.24. The predicted molar refractivity (Wildman–Crippen MR) is 63.6 cm³/mol. The van der Waals surface area contributed by atoms with Crippen LogP contribution < -0.4 is 5.73 Å². The Bertz CT molecular complexity index is 593. The first kappa shape index (κ1) is 12.2. The van der Waals surface area contributed by atoms with Crippen LogP contribution in [-0.4, -0.2) is 4.98 Å². The molecule has 0 unspecified atom stereocenters. The Morgan fingerprint density at radius 2 is 1.94 bits per heavy atom. The van der Waals surface area contributed by atoms with Gasteiger partial charge in [0.2, 0.25) is 0 Å². The summed E-state index contributed by atoms with van der Waals surface area (Å²) in [5.74, 6) is 0. The number of rotatable bonds is 0. The van der Waals surface area contributed by atoms with E-state index in [0.717, 1.165) is 4.47 Å². The molecule has 1 heterocycles. The van der Waals surface area contributed by atoms with Crippen LogP contribution in [0.1, 0.15) is 11.3 Å². The number of halogens is 4. The van der Waals surface area contributed by atoms with Crippen molar-refractivity contribution in [2.45, 2.75) is 13.1 Å². The van der Waals surface area contributed by atoms with Gasteiger partial charge < -0.3 is 5.73 Å². The number of aromatic nitrogens is 1. The number of nitrogens with two attached hydrogens (primary N) is 1. The van der Waals surface area contributed by atoms with Crippen LogP contribution in [0.3, 0.4) is 0 Å². The first-order chi connectivity index (χ1) is 7.80. The molecule has 2 nitrogen and oxygen atoms in total. The van der Waals surface area contributed by atoms with Crippen molar-refractivity contribution in [3.63, 3.8) is 0 Å². The van der Waals surface area contributed by atoms with Gasteiger partial charge in [-0.15, -0.1) is 0 Å². The molecule has 0 aliphatic carbocycles. The van der Waals surface area contributed by atoms with Crippen LogP contribution in [0.4, 0.5) is 18.9 Å². The molecule has 2 rings (SSSR count). The Balaban J connectivity index is 2.85. The van der Waals surface area contributed by atoms with Crippen LogP contribution in [0.15, 0.2) is 22.7 Å². The second kappa shape index (κ2) is 3.87. The SMILES string of the molecule is Cc1c(C(F)(F)F)nc2ccc(Br)cc2c1N. The van der Waals surface area contributed by atoms with Gasteiger partial charge >= 0.3 is 6.18 Å². The number of nitrogen functional groups attached to an aromatic ring is 1. The Kier molecular flexibility index (Phi) is 2.77. The number of anilines is 1. The fourth-order valence-corrected chi connectivity index (χ4v) is 1.99. The average molecular weight is 305 g/mol. The lowest BCUT2D eigenvalue weighted by atomic mass is 10.1. The Hall–Kier alpha value is -1.30. The van der Waals surface area contributed by atoms with E-state index in [1.165, 1.54) is 13.0 Å². The van der Waals surface area contributed by atoms with Gasteiger partial charge in [0.15, 0.2) is 0 Å². The van der Waals surface area contributed by atoms with E-state index >= 15 is 0 Å². The summed E-state index contributed by atoms with van der Waals surface area (Å²) in [6, 6.07) is 4.79. The smallest absolute Gasteiger partial charge is 0.398 e. The highest BCUT2D eigenvalue weighted by molar-refractivity contribution is 9.10. The summed E-state index contributed by atoms with van der Waals surface area (Å²) in [7, 11) is 0. The van der Waals surface area contributed by atoms with Crippen LogP contribution in [-0.2, 0) is 6.18 Å². The fourth-order valence-electron chi connectivity index (χ4n) is 1.63. The number of fused-ring (bicyclic) bond motifs is 1. The summed E-state index contributed by atoms with van der Waals surface area (Å²) in [5, 5.41) is 0.518. The number of pyridine rings is 1. The van der Waals surface area contributed by atoms with Crippen LogP contribution in [0.2, 0.25) is 0 Å². The van der Waals surface area contributed by atoms with Crippen LogP contribution >= 0.6 is 15.9 Å². The second-order valence-electron chi connectivity index (χ2n) is 3.66. The first-order valence-corrected chi connectivity index (χ1v) is 5.52. The zero-order valence-electron chi connectivity index (χ0n) is 8.77. The summed E-state index contributed by atoms with van der Waals surface area (Å²) < 4.78 is 38.9. The maximum absolute atomic E-state index is 12.7. The van der Waals surface area contributed by atoms with E-state index in [1.807, 2.05) is 0 Å². The molecule has 0 saturated heterocycles. The van der Waals surface area contributed by atoms with Gasteiger partial charge in [-0.05, 0) is 25.1 Å². The molecule has 2 N–H and O–H groups in total. The topological polar surface area (TPSA) is 38.9 Å². The standard InChI is InChI=1S/C11H8BrF3N2/c1-5-9(16)7-4-6(12)2-3-8(7)17-10(5)11(13,14)15/h2-4H,1H3,(H2,16,17). The average Bonchev–Trinajstić information content (AvgIpc) is 2.22. The molecule has 0 amide bonds. The molecular formula is C11H8BrF3N2. The zero-order valence-corrected chi connectivity index (χ0v) is 10.4. The van der Waals surface area contributed by atoms with Gasteiger partial charge in [0.1, 0.15) is 5.69 Å². The van der Waals surface area contributed by atoms with Gasteiger partial charge in [0.05, 0.1) is 5.52 Å². The molecule has 0 aliphatic rings. The molecule has 6 heteroatoms. The minimum absolute atomic E-state index is 0.0388. The zero-order chi connectivity index (χ0) is 12.8. The molecule has 90 valence electrons. The quantitative estimate of drug-likeness (QED) is 0.801. The molecule has 0 radical (unpaired) electrons. The van der Waals surface area contributed by atoms with Gasteiger partial charge in [0.25, 0.3) is 0 Å². The minimum Gasteiger partial charge on any atom is -0.398 e. The van der Waals surface area contributed by atoms with Crippen molar-refractivity contribution >= 4 is 32.5 Å². The summed E-state index contributed by atoms with van der Waals surface area (Å²) in [5.41, 5.74) is 5.11. The Labute approximate surface area is 104 Å². The van der Waals surface area contributed by atoms with E-state index in [1.54, 1.807) is 12.1 Å². The molecule has 0 atom stereocenters. The van der Waals surface area contributed by atoms with E-state index in [4.69, 9.17) is 5.73 Å². The maximum Gasteiger partial charge on any atom is 0.433 e. The summed E-state index contributed by atoms with van der Waals surface area (Å²) in [6.07, 6.45) is -4.49. The van der Waals surface area contributed by atoms with E-state index in [2.05, 4.69) is 20.9 Å². The summed E-state index contributed by atoms with van der Waals surface area (Å²) in [6.45, 7) is 1.32. The monoisotopic (exact) mass is 304 g/mol. The van der Waals surface area contributed by atoms with Crippen molar-refractivity contribution in [1.82, 2.24) is 4.98 Å². The third-order valence-corrected chi connectivity index (χ3v) is 3.00. The van der Waals surface area contributed by atoms with Crippen molar-refractivity contribution in [3.05, 3.63) is 33.9 Å². The lowest BCUT2D eigenvalue weighted by Crippen LogP contribution is -2.12. The Morgan fingerprint density at radius 1 is 1.29 bits per heavy atom. The van der Waals surface area contributed by atoms with Crippen LogP contribution in [0.25, 0.3) is 10.9 Å². The van der Waals surface area contributed by atoms with E-state index in [0.29, 0.717) is 5.39 Å². The molecule has 1 aromatic carbocycles. The van der Waals surface area contributed by atoms with Gasteiger partial charge in [0, 0.05) is 21.1 Å². The number of nitrogens with zero attached hydrogens (tertiary/aromatic N) is 1. The van der Waals surface area contributed by atoms with Crippen LogP contribution in [0.5, 0.6) is 0 Å². The van der Waals surface area contributed by atoms with E-state index in [-0.39, 0.29) is 16.8 Å². The molecule has 0 bridgehead atoms. The van der Waals surface area contributed by atoms with Crippen molar-refractivity contribution in [2.24, 2.45) is 0 Å². The number of benzene rings is 1. The maximum atomic E-state index is 12.7. The fraction of sp³-hybridized carbons (Fsp3) is 0.182. The summed E-state index contributed by atoms with van der Waals surface area (Å²) in [4.78, 5) is 3.62. The second-order valence-corrected chi connectivity index (χ2v) is 4.57. The van der Waals surface area contributed by atoms with Crippen molar-refractivity contribution in [2.75, 3.05) is 5.73 Å². The van der Waals surface area contributed by atoms with Crippen molar-refractivity contribution in [1.29, 1.82) is 0 Å². The van der Waals surface area contributed by atoms with E-state index < -0.39 is 11.9 Å². The highest BCUT2D eigenvalue weighted by atomic mass is 79.9. The third-order valence-electron chi connectivity index (χ3n) is 2.51. The molecule has 0 aliphatic heterocycles. The first-order valence-electron chi connectivity index (χ1n) is 4.73. The molecule has 17 heavy (non-hydrogen) atoms. The molecule has 1 aromatic heterocycles. The Morgan fingerprint density at radius 3 is 2.53 bits per heavy atom.